The number of amides is 1. The maximum Gasteiger partial charge on any atom is 0.414 e. The van der Waals surface area contributed by atoms with Gasteiger partial charge in [-0.2, -0.15) is 0 Å². The van der Waals surface area contributed by atoms with Crippen molar-refractivity contribution in [3.8, 4) is 5.75 Å². The van der Waals surface area contributed by atoms with Gasteiger partial charge in [0, 0.05) is 26.1 Å². The Labute approximate surface area is 141 Å². The van der Waals surface area contributed by atoms with Gasteiger partial charge in [0.25, 0.3) is 0 Å². The second kappa shape index (κ2) is 8.54. The molecule has 2 rings (SSSR count). The highest BCUT2D eigenvalue weighted by molar-refractivity contribution is 5.89. The van der Waals surface area contributed by atoms with Crippen molar-refractivity contribution in [2.75, 3.05) is 31.8 Å². The monoisotopic (exact) mass is 337 g/mol. The van der Waals surface area contributed by atoms with Gasteiger partial charge in [0.15, 0.2) is 0 Å². The normalized spacial score (nSPS) is 18.2. The van der Waals surface area contributed by atoms with E-state index in [2.05, 4.69) is 0 Å². The number of methoxy groups -OCH3 is 1. The second-order valence-electron chi connectivity index (χ2n) is 5.62. The van der Waals surface area contributed by atoms with Gasteiger partial charge in [-0.15, -0.1) is 0 Å². The van der Waals surface area contributed by atoms with E-state index in [9.17, 15) is 9.59 Å². The summed E-state index contributed by atoms with van der Waals surface area (Å²) >= 11 is 0. The lowest BCUT2D eigenvalue weighted by atomic mass is 10.2. The van der Waals surface area contributed by atoms with Crippen LogP contribution in [0.15, 0.2) is 24.3 Å². The van der Waals surface area contributed by atoms with Crippen molar-refractivity contribution in [2.24, 2.45) is 0 Å². The zero-order valence-corrected chi connectivity index (χ0v) is 14.2. The van der Waals surface area contributed by atoms with E-state index in [1.807, 2.05) is 6.92 Å². The van der Waals surface area contributed by atoms with Crippen LogP contribution in [0.1, 0.15) is 20.3 Å². The molecule has 2 atom stereocenters. The van der Waals surface area contributed by atoms with Gasteiger partial charge in [-0.3, -0.25) is 9.69 Å². The topological polar surface area (TPSA) is 74.3 Å². The first kappa shape index (κ1) is 18.1. The molecule has 1 heterocycles. The number of hydrogen-bond donors (Lipinski definition) is 0. The zero-order valence-electron chi connectivity index (χ0n) is 14.2. The van der Waals surface area contributed by atoms with Crippen molar-refractivity contribution < 1.29 is 28.5 Å². The molecule has 24 heavy (non-hydrogen) atoms. The van der Waals surface area contributed by atoms with Gasteiger partial charge in [0.2, 0.25) is 0 Å². The molecule has 1 aromatic carbocycles. The fraction of sp³-hybridized carbons (Fsp3) is 0.529. The summed E-state index contributed by atoms with van der Waals surface area (Å²) in [4.78, 5) is 24.2. The van der Waals surface area contributed by atoms with Crippen molar-refractivity contribution in [2.45, 2.75) is 32.5 Å². The van der Waals surface area contributed by atoms with Crippen LogP contribution >= 0.6 is 0 Å². The third kappa shape index (κ3) is 5.13. The molecule has 0 spiro atoms. The standard InChI is InChI=1S/C17H23NO6/c1-12(23-13(2)19)8-9-22-15-6-4-14(5-7-15)18-10-16(11-21-3)24-17(18)20/h4-7,12,16H,8-11H2,1-3H3/t12-,16?/m0/s1. The van der Waals surface area contributed by atoms with Crippen LogP contribution in [0.3, 0.4) is 0 Å². The van der Waals surface area contributed by atoms with Crippen molar-refractivity contribution in [3.05, 3.63) is 24.3 Å². The average molecular weight is 337 g/mol. The van der Waals surface area contributed by atoms with Crippen LogP contribution in [0, 0.1) is 0 Å². The molecule has 1 aromatic rings. The lowest BCUT2D eigenvalue weighted by Crippen LogP contribution is -2.25. The lowest BCUT2D eigenvalue weighted by Gasteiger charge is -2.15. The van der Waals surface area contributed by atoms with E-state index >= 15 is 0 Å². The Morgan fingerprint density at radius 2 is 2.08 bits per heavy atom. The van der Waals surface area contributed by atoms with Gasteiger partial charge in [-0.25, -0.2) is 4.79 Å². The Bertz CT molecular complexity index is 559. The minimum Gasteiger partial charge on any atom is -0.493 e. The summed E-state index contributed by atoms with van der Waals surface area (Å²) in [6.07, 6.45) is -0.195. The first-order chi connectivity index (χ1) is 11.5. The number of benzene rings is 1. The third-order valence-corrected chi connectivity index (χ3v) is 3.54. The third-order valence-electron chi connectivity index (χ3n) is 3.54. The summed E-state index contributed by atoms with van der Waals surface area (Å²) in [6.45, 7) is 4.49. The maximum atomic E-state index is 11.9. The van der Waals surface area contributed by atoms with Crippen molar-refractivity contribution in [3.63, 3.8) is 0 Å². The highest BCUT2D eigenvalue weighted by Gasteiger charge is 2.32. The molecule has 1 fully saturated rings. The Kier molecular flexibility index (Phi) is 6.43. The molecule has 0 radical (unpaired) electrons. The number of carbonyl (C=O) groups is 2. The van der Waals surface area contributed by atoms with Crippen LogP contribution in [-0.4, -0.2) is 51.1 Å². The molecule has 0 aliphatic carbocycles. The number of nitrogens with zero attached hydrogens (tertiary/aromatic N) is 1. The zero-order chi connectivity index (χ0) is 17.5. The van der Waals surface area contributed by atoms with Crippen LogP contribution in [0.4, 0.5) is 10.5 Å². The van der Waals surface area contributed by atoms with Crippen LogP contribution in [0.5, 0.6) is 5.75 Å². The molecule has 0 saturated carbocycles. The SMILES string of the molecule is COCC1CN(c2ccc(OCC[C@H](C)OC(C)=O)cc2)C(=O)O1. The smallest absolute Gasteiger partial charge is 0.414 e. The Hall–Kier alpha value is -2.28. The summed E-state index contributed by atoms with van der Waals surface area (Å²) in [7, 11) is 1.57. The molecule has 7 heteroatoms. The van der Waals surface area contributed by atoms with E-state index in [4.69, 9.17) is 18.9 Å². The number of carbonyl (C=O) groups excluding carboxylic acids is 2. The van der Waals surface area contributed by atoms with Crippen molar-refractivity contribution in [1.29, 1.82) is 0 Å². The molecule has 0 N–H and O–H groups in total. The molecule has 1 aliphatic rings. The molecule has 1 amide bonds. The minimum atomic E-state index is -0.374. The predicted octanol–water partition coefficient (Wildman–Crippen LogP) is 2.38. The lowest BCUT2D eigenvalue weighted by molar-refractivity contribution is -0.145. The van der Waals surface area contributed by atoms with E-state index in [0.717, 1.165) is 5.69 Å². The molecular weight excluding hydrogens is 314 g/mol. The Morgan fingerprint density at radius 3 is 2.71 bits per heavy atom. The molecule has 1 aliphatic heterocycles. The van der Waals surface area contributed by atoms with Gasteiger partial charge < -0.3 is 18.9 Å². The second-order valence-corrected chi connectivity index (χ2v) is 5.62. The van der Waals surface area contributed by atoms with Crippen molar-refractivity contribution in [1.82, 2.24) is 0 Å². The summed E-state index contributed by atoms with van der Waals surface area (Å²) in [5, 5.41) is 0. The molecule has 132 valence electrons. The van der Waals surface area contributed by atoms with Crippen LogP contribution in [-0.2, 0) is 19.0 Å². The van der Waals surface area contributed by atoms with Crippen LogP contribution < -0.4 is 9.64 Å². The Morgan fingerprint density at radius 1 is 1.38 bits per heavy atom. The number of esters is 1. The summed E-state index contributed by atoms with van der Waals surface area (Å²) in [6, 6.07) is 7.20. The van der Waals surface area contributed by atoms with Gasteiger partial charge >= 0.3 is 12.1 Å². The van der Waals surface area contributed by atoms with Gasteiger partial charge in [-0.1, -0.05) is 0 Å². The highest BCUT2D eigenvalue weighted by atomic mass is 16.6. The number of ether oxygens (including phenoxy) is 4. The van der Waals surface area contributed by atoms with E-state index < -0.39 is 0 Å². The largest absolute Gasteiger partial charge is 0.493 e. The Balaban J connectivity index is 1.82. The molecule has 7 nitrogen and oxygen atoms in total. The van der Waals surface area contributed by atoms with E-state index in [1.54, 1.807) is 36.3 Å². The summed E-state index contributed by atoms with van der Waals surface area (Å²) in [5.74, 6) is 0.394. The number of rotatable bonds is 8. The van der Waals surface area contributed by atoms with E-state index in [1.165, 1.54) is 6.92 Å². The van der Waals surface area contributed by atoms with E-state index in [0.29, 0.717) is 31.9 Å². The fourth-order valence-electron chi connectivity index (χ4n) is 2.41. The fourth-order valence-corrected chi connectivity index (χ4v) is 2.41. The van der Waals surface area contributed by atoms with E-state index in [-0.39, 0.29) is 24.3 Å². The summed E-state index contributed by atoms with van der Waals surface area (Å²) in [5.41, 5.74) is 0.749. The quantitative estimate of drug-likeness (QED) is 0.678. The maximum absolute atomic E-state index is 11.9. The predicted molar refractivity (Wildman–Crippen MR) is 87.3 cm³/mol. The highest BCUT2D eigenvalue weighted by Crippen LogP contribution is 2.24. The summed E-state index contributed by atoms with van der Waals surface area (Å²) < 4.78 is 20.9. The molecule has 0 aromatic heterocycles. The minimum absolute atomic E-state index is 0.182. The molecule has 1 saturated heterocycles. The molecular formula is C17H23NO6. The number of cyclic esters (lactones) is 1. The van der Waals surface area contributed by atoms with Gasteiger partial charge in [0.1, 0.15) is 18.0 Å². The first-order valence-corrected chi connectivity index (χ1v) is 7.86. The van der Waals surface area contributed by atoms with Crippen molar-refractivity contribution >= 4 is 17.7 Å². The van der Waals surface area contributed by atoms with Gasteiger partial charge in [-0.05, 0) is 31.2 Å². The van der Waals surface area contributed by atoms with Crippen LogP contribution in [0.25, 0.3) is 0 Å². The number of hydrogen-bond acceptors (Lipinski definition) is 6. The first-order valence-electron chi connectivity index (χ1n) is 7.86. The average Bonchev–Trinajstić information content (AvgIpc) is 2.88. The van der Waals surface area contributed by atoms with Crippen LogP contribution in [0.2, 0.25) is 0 Å². The molecule has 0 bridgehead atoms. The number of anilines is 1. The molecule has 1 unspecified atom stereocenters. The van der Waals surface area contributed by atoms with Gasteiger partial charge in [0.05, 0.1) is 19.8 Å².